The van der Waals surface area contributed by atoms with Gasteiger partial charge in [-0.05, 0) is 37.6 Å². The molecule has 1 aromatic carbocycles. The SMILES string of the molecule is CCOC(=O)C(C)=Cc1ccc(F)c(Cl)c1. The van der Waals surface area contributed by atoms with Gasteiger partial charge in [0.15, 0.2) is 0 Å². The molecular weight excluding hydrogens is 231 g/mol. The third kappa shape index (κ3) is 3.35. The minimum Gasteiger partial charge on any atom is -0.463 e. The molecule has 0 spiro atoms. The van der Waals surface area contributed by atoms with E-state index in [2.05, 4.69) is 0 Å². The molecule has 4 heteroatoms. The van der Waals surface area contributed by atoms with Gasteiger partial charge in [-0.15, -0.1) is 0 Å². The molecule has 2 nitrogen and oxygen atoms in total. The van der Waals surface area contributed by atoms with Crippen molar-refractivity contribution in [3.8, 4) is 0 Å². The molecule has 0 radical (unpaired) electrons. The lowest BCUT2D eigenvalue weighted by Gasteiger charge is -2.02. The predicted molar refractivity (Wildman–Crippen MR) is 61.7 cm³/mol. The fourth-order valence-corrected chi connectivity index (χ4v) is 1.34. The average Bonchev–Trinajstić information content (AvgIpc) is 2.24. The summed E-state index contributed by atoms with van der Waals surface area (Å²) < 4.78 is 17.7. The van der Waals surface area contributed by atoms with Gasteiger partial charge >= 0.3 is 5.97 Å². The number of hydrogen-bond acceptors (Lipinski definition) is 2. The van der Waals surface area contributed by atoms with Crippen LogP contribution in [0.4, 0.5) is 4.39 Å². The maximum absolute atomic E-state index is 12.9. The van der Waals surface area contributed by atoms with Crippen LogP contribution in [0.2, 0.25) is 5.02 Å². The standard InChI is InChI=1S/C12H12ClFO2/c1-3-16-12(15)8(2)6-9-4-5-11(14)10(13)7-9/h4-7H,3H2,1-2H3. The third-order valence-corrected chi connectivity index (χ3v) is 2.21. The largest absolute Gasteiger partial charge is 0.463 e. The van der Waals surface area contributed by atoms with E-state index in [9.17, 15) is 9.18 Å². The molecule has 0 N–H and O–H groups in total. The molecule has 0 aliphatic rings. The van der Waals surface area contributed by atoms with Gasteiger partial charge in [0.05, 0.1) is 11.6 Å². The zero-order valence-electron chi connectivity index (χ0n) is 9.09. The van der Waals surface area contributed by atoms with Crippen LogP contribution in [0.1, 0.15) is 19.4 Å². The maximum atomic E-state index is 12.9. The van der Waals surface area contributed by atoms with Crippen molar-refractivity contribution in [2.45, 2.75) is 13.8 Å². The van der Waals surface area contributed by atoms with E-state index in [4.69, 9.17) is 16.3 Å². The van der Waals surface area contributed by atoms with Crippen molar-refractivity contribution in [2.24, 2.45) is 0 Å². The Morgan fingerprint density at radius 2 is 2.25 bits per heavy atom. The highest BCUT2D eigenvalue weighted by Gasteiger charge is 2.05. The van der Waals surface area contributed by atoms with Crippen molar-refractivity contribution in [3.05, 3.63) is 40.2 Å². The van der Waals surface area contributed by atoms with Crippen molar-refractivity contribution >= 4 is 23.6 Å². The molecule has 0 bridgehead atoms. The Balaban J connectivity index is 2.89. The molecule has 0 fully saturated rings. The number of carbonyl (C=O) groups excluding carboxylic acids is 1. The summed E-state index contributed by atoms with van der Waals surface area (Å²) in [6, 6.07) is 4.26. The van der Waals surface area contributed by atoms with Crippen LogP contribution in [0.5, 0.6) is 0 Å². The van der Waals surface area contributed by atoms with E-state index >= 15 is 0 Å². The fourth-order valence-electron chi connectivity index (χ4n) is 1.16. The van der Waals surface area contributed by atoms with Gasteiger partial charge in [0.1, 0.15) is 5.82 Å². The smallest absolute Gasteiger partial charge is 0.333 e. The van der Waals surface area contributed by atoms with E-state index < -0.39 is 5.82 Å². The predicted octanol–water partition coefficient (Wildman–Crippen LogP) is 3.45. The normalized spacial score (nSPS) is 11.4. The first kappa shape index (κ1) is 12.7. The topological polar surface area (TPSA) is 26.3 Å². The zero-order chi connectivity index (χ0) is 12.1. The molecule has 86 valence electrons. The Labute approximate surface area is 98.7 Å². The molecule has 0 saturated carbocycles. The molecule has 0 aliphatic heterocycles. The Bertz CT molecular complexity index is 427. The average molecular weight is 243 g/mol. The molecule has 1 aromatic rings. The highest BCUT2D eigenvalue weighted by atomic mass is 35.5. The number of rotatable bonds is 3. The highest BCUT2D eigenvalue weighted by molar-refractivity contribution is 6.30. The third-order valence-electron chi connectivity index (χ3n) is 1.92. The summed E-state index contributed by atoms with van der Waals surface area (Å²) in [4.78, 5) is 11.3. The summed E-state index contributed by atoms with van der Waals surface area (Å²) in [6.07, 6.45) is 1.60. The molecule has 0 saturated heterocycles. The van der Waals surface area contributed by atoms with Crippen LogP contribution in [0.3, 0.4) is 0 Å². The molecule has 0 amide bonds. The summed E-state index contributed by atoms with van der Waals surface area (Å²) in [6.45, 7) is 3.70. The lowest BCUT2D eigenvalue weighted by molar-refractivity contribution is -0.138. The molecule has 0 aromatic heterocycles. The molecular formula is C12H12ClFO2. The van der Waals surface area contributed by atoms with Gasteiger partial charge in [-0.1, -0.05) is 17.7 Å². The van der Waals surface area contributed by atoms with Crippen molar-refractivity contribution < 1.29 is 13.9 Å². The van der Waals surface area contributed by atoms with Gasteiger partial charge in [-0.25, -0.2) is 9.18 Å². The van der Waals surface area contributed by atoms with E-state index in [1.54, 1.807) is 26.0 Å². The summed E-state index contributed by atoms with van der Waals surface area (Å²) in [5, 5.41) is 0.0328. The van der Waals surface area contributed by atoms with Crippen LogP contribution >= 0.6 is 11.6 Å². The van der Waals surface area contributed by atoms with E-state index in [1.165, 1.54) is 12.1 Å². The molecule has 0 atom stereocenters. The van der Waals surface area contributed by atoms with Gasteiger partial charge in [-0.3, -0.25) is 0 Å². The van der Waals surface area contributed by atoms with Crippen molar-refractivity contribution in [2.75, 3.05) is 6.61 Å². The van der Waals surface area contributed by atoms with Gasteiger partial charge in [0.2, 0.25) is 0 Å². The van der Waals surface area contributed by atoms with Crippen LogP contribution in [0.15, 0.2) is 23.8 Å². The Kier molecular flexibility index (Phi) is 4.50. The molecule has 0 unspecified atom stereocenters. The minimum atomic E-state index is -0.479. The van der Waals surface area contributed by atoms with Crippen LogP contribution in [0.25, 0.3) is 6.08 Å². The van der Waals surface area contributed by atoms with Crippen LogP contribution < -0.4 is 0 Å². The lowest BCUT2D eigenvalue weighted by atomic mass is 10.1. The van der Waals surface area contributed by atoms with Crippen LogP contribution in [-0.2, 0) is 9.53 Å². The fraction of sp³-hybridized carbons (Fsp3) is 0.250. The Morgan fingerprint density at radius 1 is 1.56 bits per heavy atom. The van der Waals surface area contributed by atoms with E-state index in [-0.39, 0.29) is 11.0 Å². The molecule has 16 heavy (non-hydrogen) atoms. The lowest BCUT2D eigenvalue weighted by Crippen LogP contribution is -2.04. The first-order valence-corrected chi connectivity index (χ1v) is 5.23. The monoisotopic (exact) mass is 242 g/mol. The number of ether oxygens (including phenoxy) is 1. The van der Waals surface area contributed by atoms with Gasteiger partial charge in [0.25, 0.3) is 0 Å². The van der Waals surface area contributed by atoms with E-state index in [0.717, 1.165) is 0 Å². The Hall–Kier alpha value is -1.35. The number of hydrogen-bond donors (Lipinski definition) is 0. The van der Waals surface area contributed by atoms with E-state index in [1.807, 2.05) is 0 Å². The summed E-state index contributed by atoms with van der Waals surface area (Å²) in [5.41, 5.74) is 1.11. The molecule has 1 rings (SSSR count). The summed E-state index contributed by atoms with van der Waals surface area (Å²) in [5.74, 6) is -0.865. The quantitative estimate of drug-likeness (QED) is 0.600. The number of halogens is 2. The summed E-state index contributed by atoms with van der Waals surface area (Å²) >= 11 is 5.62. The summed E-state index contributed by atoms with van der Waals surface area (Å²) in [7, 11) is 0. The van der Waals surface area contributed by atoms with Crippen LogP contribution in [0, 0.1) is 5.82 Å². The zero-order valence-corrected chi connectivity index (χ0v) is 9.84. The van der Waals surface area contributed by atoms with Gasteiger partial charge in [-0.2, -0.15) is 0 Å². The number of esters is 1. The van der Waals surface area contributed by atoms with Crippen molar-refractivity contribution in [3.63, 3.8) is 0 Å². The maximum Gasteiger partial charge on any atom is 0.333 e. The van der Waals surface area contributed by atoms with E-state index in [0.29, 0.717) is 17.7 Å². The first-order chi connectivity index (χ1) is 7.54. The Morgan fingerprint density at radius 3 is 2.81 bits per heavy atom. The number of carbonyl (C=O) groups is 1. The molecule has 0 aliphatic carbocycles. The second-order valence-corrected chi connectivity index (χ2v) is 3.63. The minimum absolute atomic E-state index is 0.0328. The number of benzene rings is 1. The second-order valence-electron chi connectivity index (χ2n) is 3.22. The van der Waals surface area contributed by atoms with Gasteiger partial charge < -0.3 is 4.74 Å². The van der Waals surface area contributed by atoms with Gasteiger partial charge in [0, 0.05) is 5.57 Å². The van der Waals surface area contributed by atoms with Crippen molar-refractivity contribution in [1.82, 2.24) is 0 Å². The van der Waals surface area contributed by atoms with Crippen LogP contribution in [-0.4, -0.2) is 12.6 Å². The molecule has 0 heterocycles. The first-order valence-electron chi connectivity index (χ1n) is 4.85. The highest BCUT2D eigenvalue weighted by Crippen LogP contribution is 2.18. The second kappa shape index (κ2) is 5.66. The van der Waals surface area contributed by atoms with Crippen molar-refractivity contribution in [1.29, 1.82) is 0 Å².